The minimum absolute atomic E-state index is 0.321. The molecule has 3 nitrogen and oxygen atoms in total. The van der Waals surface area contributed by atoms with Crippen LogP contribution in [0.1, 0.15) is 5.69 Å². The Morgan fingerprint density at radius 2 is 2.23 bits per heavy atom. The van der Waals surface area contributed by atoms with Gasteiger partial charge in [-0.1, -0.05) is 0 Å². The second kappa shape index (κ2) is 2.65. The van der Waals surface area contributed by atoms with E-state index in [2.05, 4.69) is 9.97 Å². The molecular weight excluding hydrogens is 169 g/mol. The molecule has 0 spiro atoms. The Bertz CT molecular complexity index is 468. The molecule has 0 fully saturated rings. The first-order valence-electron chi connectivity index (χ1n) is 3.86. The van der Waals surface area contributed by atoms with Crippen LogP contribution in [-0.4, -0.2) is 9.97 Å². The van der Waals surface area contributed by atoms with Gasteiger partial charge in [0, 0.05) is 11.6 Å². The van der Waals surface area contributed by atoms with Gasteiger partial charge in [0.1, 0.15) is 17.2 Å². The fourth-order valence-corrected chi connectivity index (χ4v) is 1.19. The molecule has 0 aromatic carbocycles. The Morgan fingerprint density at radius 3 is 3.00 bits per heavy atom. The average molecular weight is 177 g/mol. The highest BCUT2D eigenvalue weighted by Crippen LogP contribution is 2.18. The molecule has 2 aromatic heterocycles. The molecule has 0 amide bonds. The number of pyridine rings is 2. The van der Waals surface area contributed by atoms with Gasteiger partial charge in [-0.25, -0.2) is 14.4 Å². The molecule has 2 heterocycles. The van der Waals surface area contributed by atoms with Gasteiger partial charge in [0.25, 0.3) is 0 Å². The molecule has 0 unspecified atom stereocenters. The minimum atomic E-state index is -0.321. The molecule has 0 aliphatic rings. The van der Waals surface area contributed by atoms with Gasteiger partial charge in [0.05, 0.1) is 5.69 Å². The van der Waals surface area contributed by atoms with Crippen molar-refractivity contribution < 1.29 is 4.39 Å². The number of aromatic nitrogens is 2. The highest BCUT2D eigenvalue weighted by molar-refractivity contribution is 5.86. The van der Waals surface area contributed by atoms with Gasteiger partial charge in [-0.15, -0.1) is 0 Å². The van der Waals surface area contributed by atoms with E-state index in [1.54, 1.807) is 13.0 Å². The quantitative estimate of drug-likeness (QED) is 0.665. The van der Waals surface area contributed by atoms with Crippen LogP contribution in [0.2, 0.25) is 0 Å². The van der Waals surface area contributed by atoms with E-state index in [0.717, 1.165) is 0 Å². The summed E-state index contributed by atoms with van der Waals surface area (Å²) in [6.45, 7) is 1.60. The summed E-state index contributed by atoms with van der Waals surface area (Å²) in [6.07, 6.45) is 1.54. The second-order valence-corrected chi connectivity index (χ2v) is 2.82. The zero-order valence-corrected chi connectivity index (χ0v) is 7.08. The summed E-state index contributed by atoms with van der Waals surface area (Å²) < 4.78 is 13.1. The van der Waals surface area contributed by atoms with Crippen LogP contribution in [0.15, 0.2) is 18.3 Å². The van der Waals surface area contributed by atoms with Gasteiger partial charge in [-0.2, -0.15) is 0 Å². The third kappa shape index (κ3) is 1.20. The lowest BCUT2D eigenvalue weighted by Gasteiger charge is -2.01. The summed E-state index contributed by atoms with van der Waals surface area (Å²) >= 11 is 0. The Morgan fingerprint density at radius 1 is 1.46 bits per heavy atom. The number of halogens is 1. The highest BCUT2D eigenvalue weighted by atomic mass is 19.1. The zero-order valence-electron chi connectivity index (χ0n) is 7.08. The van der Waals surface area contributed by atoms with Crippen molar-refractivity contribution in [1.29, 1.82) is 0 Å². The van der Waals surface area contributed by atoms with Gasteiger partial charge in [-0.05, 0) is 19.1 Å². The number of rotatable bonds is 0. The first-order valence-corrected chi connectivity index (χ1v) is 3.86. The highest BCUT2D eigenvalue weighted by Gasteiger charge is 2.04. The van der Waals surface area contributed by atoms with Crippen molar-refractivity contribution in [3.8, 4) is 0 Å². The van der Waals surface area contributed by atoms with Crippen LogP contribution in [0, 0.1) is 12.7 Å². The summed E-state index contributed by atoms with van der Waals surface area (Å²) in [7, 11) is 0. The van der Waals surface area contributed by atoms with Crippen LogP contribution in [0.5, 0.6) is 0 Å². The number of aryl methyl sites for hydroxylation is 1. The average Bonchev–Trinajstić information content (AvgIpc) is 2.09. The predicted molar refractivity (Wildman–Crippen MR) is 48.6 cm³/mol. The summed E-state index contributed by atoms with van der Waals surface area (Å²) in [5.74, 6) is 0.0127. The van der Waals surface area contributed by atoms with Gasteiger partial charge < -0.3 is 5.73 Å². The van der Waals surface area contributed by atoms with Crippen LogP contribution in [0.25, 0.3) is 10.9 Å². The number of anilines is 1. The van der Waals surface area contributed by atoms with Crippen molar-refractivity contribution in [3.05, 3.63) is 29.8 Å². The molecule has 0 saturated carbocycles. The van der Waals surface area contributed by atoms with Gasteiger partial charge in [0.2, 0.25) is 0 Å². The van der Waals surface area contributed by atoms with Crippen LogP contribution < -0.4 is 5.73 Å². The monoisotopic (exact) mass is 177 g/mol. The number of hydrogen-bond donors (Lipinski definition) is 1. The van der Waals surface area contributed by atoms with E-state index < -0.39 is 0 Å². The minimum Gasteiger partial charge on any atom is -0.382 e. The SMILES string of the molecule is Cc1nc2c(N)nccc2cc1F. The van der Waals surface area contributed by atoms with E-state index in [4.69, 9.17) is 5.73 Å². The first-order chi connectivity index (χ1) is 6.18. The summed E-state index contributed by atoms with van der Waals surface area (Å²) in [4.78, 5) is 7.88. The Kier molecular flexibility index (Phi) is 1.62. The summed E-state index contributed by atoms with van der Waals surface area (Å²) in [5.41, 5.74) is 6.48. The van der Waals surface area contributed by atoms with Crippen LogP contribution in [0.4, 0.5) is 10.2 Å². The molecule has 0 saturated heterocycles. The lowest BCUT2D eigenvalue weighted by atomic mass is 10.2. The maximum Gasteiger partial charge on any atom is 0.149 e. The van der Waals surface area contributed by atoms with E-state index >= 15 is 0 Å². The largest absolute Gasteiger partial charge is 0.382 e. The smallest absolute Gasteiger partial charge is 0.149 e. The number of nitrogens with two attached hydrogens (primary N) is 1. The lowest BCUT2D eigenvalue weighted by molar-refractivity contribution is 0.613. The van der Waals surface area contributed by atoms with E-state index in [9.17, 15) is 4.39 Å². The van der Waals surface area contributed by atoms with E-state index in [1.807, 2.05) is 0 Å². The molecule has 2 aromatic rings. The third-order valence-electron chi connectivity index (χ3n) is 1.89. The number of hydrogen-bond acceptors (Lipinski definition) is 3. The molecule has 66 valence electrons. The van der Waals surface area contributed by atoms with Crippen molar-refractivity contribution >= 4 is 16.7 Å². The van der Waals surface area contributed by atoms with Gasteiger partial charge in [0.15, 0.2) is 0 Å². The Balaban J connectivity index is 2.89. The summed E-state index contributed by atoms with van der Waals surface area (Å²) in [5, 5.41) is 0.676. The summed E-state index contributed by atoms with van der Waals surface area (Å²) in [6, 6.07) is 3.09. The topological polar surface area (TPSA) is 51.8 Å². The predicted octanol–water partition coefficient (Wildman–Crippen LogP) is 1.66. The molecule has 0 radical (unpaired) electrons. The van der Waals surface area contributed by atoms with Crippen molar-refractivity contribution in [3.63, 3.8) is 0 Å². The molecule has 0 aliphatic carbocycles. The van der Waals surface area contributed by atoms with Crippen molar-refractivity contribution in [2.45, 2.75) is 6.92 Å². The van der Waals surface area contributed by atoms with E-state index in [0.29, 0.717) is 22.4 Å². The lowest BCUT2D eigenvalue weighted by Crippen LogP contribution is -1.96. The maximum absolute atomic E-state index is 13.1. The third-order valence-corrected chi connectivity index (χ3v) is 1.89. The Hall–Kier alpha value is -1.71. The van der Waals surface area contributed by atoms with Gasteiger partial charge in [-0.3, -0.25) is 0 Å². The Labute approximate surface area is 74.4 Å². The van der Waals surface area contributed by atoms with E-state index in [1.165, 1.54) is 12.3 Å². The van der Waals surface area contributed by atoms with Gasteiger partial charge >= 0.3 is 0 Å². The van der Waals surface area contributed by atoms with Crippen molar-refractivity contribution in [2.24, 2.45) is 0 Å². The molecule has 0 aliphatic heterocycles. The second-order valence-electron chi connectivity index (χ2n) is 2.82. The van der Waals surface area contributed by atoms with Crippen LogP contribution >= 0.6 is 0 Å². The fourth-order valence-electron chi connectivity index (χ4n) is 1.19. The standard InChI is InChI=1S/C9H8FN3/c1-5-7(10)4-6-2-3-12-9(11)8(6)13-5/h2-4H,1H3,(H2,11,12). The molecule has 13 heavy (non-hydrogen) atoms. The zero-order chi connectivity index (χ0) is 9.42. The van der Waals surface area contributed by atoms with Crippen LogP contribution in [-0.2, 0) is 0 Å². The number of nitrogen functional groups attached to an aromatic ring is 1. The van der Waals surface area contributed by atoms with Crippen molar-refractivity contribution in [1.82, 2.24) is 9.97 Å². The molecule has 0 bridgehead atoms. The number of fused-ring (bicyclic) bond motifs is 1. The first kappa shape index (κ1) is 7.91. The van der Waals surface area contributed by atoms with Crippen molar-refractivity contribution in [2.75, 3.05) is 5.73 Å². The molecule has 2 N–H and O–H groups in total. The molecule has 4 heteroatoms. The van der Waals surface area contributed by atoms with Crippen LogP contribution in [0.3, 0.4) is 0 Å². The number of nitrogens with zero attached hydrogens (tertiary/aromatic N) is 2. The van der Waals surface area contributed by atoms with E-state index in [-0.39, 0.29) is 5.82 Å². The molecule has 2 rings (SSSR count). The molecular formula is C9H8FN3. The molecule has 0 atom stereocenters. The normalized spacial score (nSPS) is 10.6. The fraction of sp³-hybridized carbons (Fsp3) is 0.111. The maximum atomic E-state index is 13.1.